The molecule has 95 heavy (non-hydrogen) atoms. The van der Waals surface area contributed by atoms with Gasteiger partial charge in [0.2, 0.25) is 0 Å². The van der Waals surface area contributed by atoms with E-state index < -0.39 is 24.3 Å². The second-order valence-electron chi connectivity index (χ2n) is 24.1. The molecule has 0 radical (unpaired) electrons. The Balaban J connectivity index is 4.32. The van der Waals surface area contributed by atoms with Crippen LogP contribution in [0.5, 0.6) is 0 Å². The van der Waals surface area contributed by atoms with Crippen molar-refractivity contribution in [3.63, 3.8) is 0 Å². The van der Waals surface area contributed by atoms with E-state index in [0.29, 0.717) is 23.9 Å². The normalized spacial score (nSPS) is 14.2. The smallest absolute Gasteiger partial charge is 0.361 e. The second-order valence-corrected chi connectivity index (χ2v) is 24.1. The minimum atomic E-state index is -1.54. The first kappa shape index (κ1) is 88.1. The van der Waals surface area contributed by atoms with Gasteiger partial charge in [-0.05, 0) is 167 Å². The highest BCUT2D eigenvalue weighted by Crippen LogP contribution is 2.12. The SMILES string of the molecule is CC/C=C\C/C=C\C/C=C\C/C=C\C/C=C\C/C=C\C/C=C\C/C=C\C/C=C\C/C=C\C/C=C\C/C=C\CCCCCCC(=O)OC(COC(=O)CCCCCC/C=C\C/C=C\C/C=C\C/C=C\C/C=C\C/C=C\C/C=C\C/C=C\CC)COC(OCC[N+](C)(C)C)C(=O)O. The van der Waals surface area contributed by atoms with Crippen molar-refractivity contribution < 1.29 is 42.9 Å². The predicted molar refractivity (Wildman–Crippen MR) is 409 cm³/mol. The number of hydrogen-bond donors (Lipinski definition) is 1. The van der Waals surface area contributed by atoms with Crippen LogP contribution >= 0.6 is 0 Å². The lowest BCUT2D eigenvalue weighted by Crippen LogP contribution is -2.40. The lowest BCUT2D eigenvalue weighted by molar-refractivity contribution is -0.870. The number of ether oxygens (including phenoxy) is 4. The van der Waals surface area contributed by atoms with Crippen LogP contribution in [0.25, 0.3) is 0 Å². The molecule has 0 aliphatic heterocycles. The van der Waals surface area contributed by atoms with Crippen molar-refractivity contribution in [2.45, 2.75) is 232 Å². The van der Waals surface area contributed by atoms with Crippen LogP contribution in [0, 0.1) is 0 Å². The van der Waals surface area contributed by atoms with Crippen molar-refractivity contribution in [1.29, 1.82) is 0 Å². The van der Waals surface area contributed by atoms with Gasteiger partial charge in [0.05, 0.1) is 34.4 Å². The van der Waals surface area contributed by atoms with Gasteiger partial charge >= 0.3 is 17.9 Å². The quantitative estimate of drug-likeness (QED) is 0.0211. The summed E-state index contributed by atoms with van der Waals surface area (Å²) in [4.78, 5) is 37.6. The average molecular weight is 1310 g/mol. The van der Waals surface area contributed by atoms with Gasteiger partial charge < -0.3 is 28.5 Å². The third-order valence-corrected chi connectivity index (χ3v) is 14.1. The number of allylic oxidation sites excluding steroid dienone is 40. The summed E-state index contributed by atoms with van der Waals surface area (Å²) in [5.41, 5.74) is 0. The lowest BCUT2D eigenvalue weighted by Gasteiger charge is -2.25. The van der Waals surface area contributed by atoms with Crippen molar-refractivity contribution in [3.8, 4) is 0 Å². The number of carbonyl (C=O) groups is 3. The van der Waals surface area contributed by atoms with E-state index in [1.807, 2.05) is 21.1 Å². The number of hydrogen-bond acceptors (Lipinski definition) is 7. The molecule has 0 aromatic rings. The fourth-order valence-electron chi connectivity index (χ4n) is 8.66. The first-order valence-corrected chi connectivity index (χ1v) is 36.2. The third-order valence-electron chi connectivity index (χ3n) is 14.1. The zero-order chi connectivity index (χ0) is 69.0. The number of carbonyl (C=O) groups excluding carboxylic acids is 2. The van der Waals surface area contributed by atoms with Crippen molar-refractivity contribution >= 4 is 17.9 Å². The monoisotopic (exact) mass is 1300 g/mol. The summed E-state index contributed by atoms with van der Waals surface area (Å²) in [6.45, 7) is 4.54. The number of unbranched alkanes of at least 4 members (excludes halogenated alkanes) is 8. The van der Waals surface area contributed by atoms with E-state index in [2.05, 4.69) is 257 Å². The van der Waals surface area contributed by atoms with Crippen molar-refractivity contribution in [1.82, 2.24) is 0 Å². The molecule has 2 unspecified atom stereocenters. The molecule has 0 aliphatic rings. The molecule has 0 aromatic carbocycles. The van der Waals surface area contributed by atoms with Gasteiger partial charge in [0.1, 0.15) is 13.2 Å². The zero-order valence-corrected chi connectivity index (χ0v) is 60.0. The molecular formula is C86H130NO8+. The number of carboxylic acids is 1. The molecular weight excluding hydrogens is 1170 g/mol. The number of esters is 2. The van der Waals surface area contributed by atoms with Gasteiger partial charge in [-0.1, -0.05) is 283 Å². The zero-order valence-electron chi connectivity index (χ0n) is 60.0. The average Bonchev–Trinajstić information content (AvgIpc) is 3.54. The maximum atomic E-state index is 12.9. The fourth-order valence-corrected chi connectivity index (χ4v) is 8.66. The number of nitrogens with zero attached hydrogens (tertiary/aromatic N) is 1. The molecule has 0 spiro atoms. The third kappa shape index (κ3) is 74.4. The van der Waals surface area contributed by atoms with Gasteiger partial charge in [0.15, 0.2) is 6.10 Å². The summed E-state index contributed by atoms with van der Waals surface area (Å²) in [7, 11) is 5.94. The Morgan fingerprint density at radius 3 is 0.832 bits per heavy atom. The minimum Gasteiger partial charge on any atom is -0.477 e. The predicted octanol–water partition coefficient (Wildman–Crippen LogP) is 23.2. The van der Waals surface area contributed by atoms with Crippen molar-refractivity contribution in [2.24, 2.45) is 0 Å². The second kappa shape index (κ2) is 72.9. The van der Waals surface area contributed by atoms with E-state index in [-0.39, 0.29) is 38.6 Å². The number of rotatable bonds is 63. The van der Waals surface area contributed by atoms with Crippen LogP contribution in [0.2, 0.25) is 0 Å². The van der Waals surface area contributed by atoms with Crippen LogP contribution in [0.3, 0.4) is 0 Å². The Morgan fingerprint density at radius 1 is 0.316 bits per heavy atom. The Bertz CT molecular complexity index is 2470. The number of quaternary nitrogens is 1. The highest BCUT2D eigenvalue weighted by molar-refractivity contribution is 5.71. The molecule has 0 rings (SSSR count). The summed E-state index contributed by atoms with van der Waals surface area (Å²) in [5.74, 6) is -2.11. The Morgan fingerprint density at radius 2 is 0.568 bits per heavy atom. The Hall–Kier alpha value is -6.91. The summed E-state index contributed by atoms with van der Waals surface area (Å²) in [6.07, 6.45) is 116. The van der Waals surface area contributed by atoms with Crippen molar-refractivity contribution in [3.05, 3.63) is 243 Å². The van der Waals surface area contributed by atoms with E-state index in [1.165, 1.54) is 0 Å². The maximum Gasteiger partial charge on any atom is 0.361 e. The first-order chi connectivity index (χ1) is 46.6. The molecule has 0 aliphatic carbocycles. The number of likely N-dealkylation sites (N-methyl/N-ethyl adjacent to an activating group) is 1. The summed E-state index contributed by atoms with van der Waals surface area (Å²) >= 11 is 0. The van der Waals surface area contributed by atoms with Gasteiger partial charge in [0, 0.05) is 12.8 Å². The highest BCUT2D eigenvalue weighted by Gasteiger charge is 2.25. The van der Waals surface area contributed by atoms with E-state index in [1.54, 1.807) is 0 Å². The maximum absolute atomic E-state index is 12.9. The minimum absolute atomic E-state index is 0.163. The van der Waals surface area contributed by atoms with E-state index in [4.69, 9.17) is 18.9 Å². The molecule has 0 fully saturated rings. The lowest BCUT2D eigenvalue weighted by atomic mass is 10.1. The molecule has 0 heterocycles. The van der Waals surface area contributed by atoms with Crippen LogP contribution in [0.4, 0.5) is 0 Å². The van der Waals surface area contributed by atoms with Gasteiger partial charge in [-0.3, -0.25) is 9.59 Å². The standard InChI is InChI=1S/C86H129NO8/c1-6-8-10-12-14-16-18-20-22-24-26-28-30-32-34-36-37-38-39-40-41-42-43-44-45-46-47-49-51-53-55-57-59-61-63-65-67-69-71-73-75-77-84(89)95-82(81-94-86(85(90)91)92-79-78-87(3,4)5)80-93-83(88)76-74-72-70-68-66-64-62-60-58-56-54-52-50-48-35-33-31-29-27-25-23-21-19-17-15-13-11-9-7-2/h8-11,14-17,20-23,26-29,32-35,37-38,40-41,43-44,46-47,50-53,56-59,62-65,82,86H,6-7,12-13,18-19,24-25,30-31,36,39,42,45,48-49,54-55,60-61,66-81H2,1-5H3/p+1/b10-8-,11-9-,16-14-,17-15-,22-20-,23-21-,28-26-,29-27-,34-32-,35-33-,38-37-,41-40-,44-43-,47-46-,52-50-,53-51-,58-56-,59-57-,64-62-,65-63-. The van der Waals surface area contributed by atoms with E-state index in [9.17, 15) is 19.5 Å². The topological polar surface area (TPSA) is 108 Å². The van der Waals surface area contributed by atoms with Crippen LogP contribution in [0.1, 0.15) is 219 Å². The molecule has 2 atom stereocenters. The van der Waals surface area contributed by atoms with E-state index in [0.717, 1.165) is 180 Å². The molecule has 0 aromatic heterocycles. The number of carboxylic acid groups (broad SMARTS) is 1. The molecule has 0 saturated heterocycles. The highest BCUT2D eigenvalue weighted by atomic mass is 16.7. The Labute approximate surface area is 580 Å². The molecule has 0 saturated carbocycles. The van der Waals surface area contributed by atoms with Crippen LogP contribution in [-0.2, 0) is 33.3 Å². The molecule has 9 nitrogen and oxygen atoms in total. The molecule has 9 heteroatoms. The van der Waals surface area contributed by atoms with Gasteiger partial charge in [-0.25, -0.2) is 4.79 Å². The summed E-state index contributed by atoms with van der Waals surface area (Å²) in [5, 5.41) is 9.75. The molecule has 0 amide bonds. The van der Waals surface area contributed by atoms with Gasteiger partial charge in [0.25, 0.3) is 6.29 Å². The number of aliphatic carboxylic acids is 1. The van der Waals surface area contributed by atoms with Crippen LogP contribution in [0.15, 0.2) is 243 Å². The Kier molecular flexibility index (Phi) is 67.6. The molecule has 1 N–H and O–H groups in total. The van der Waals surface area contributed by atoms with Crippen LogP contribution in [-0.4, -0.2) is 87.4 Å². The fraction of sp³-hybridized carbons (Fsp3) is 0.500. The summed E-state index contributed by atoms with van der Waals surface area (Å²) < 4.78 is 22.9. The molecule has 0 bridgehead atoms. The van der Waals surface area contributed by atoms with Crippen molar-refractivity contribution in [2.75, 3.05) is 47.5 Å². The first-order valence-electron chi connectivity index (χ1n) is 36.2. The molecule has 526 valence electrons. The van der Waals surface area contributed by atoms with Gasteiger partial charge in [-0.2, -0.15) is 0 Å². The van der Waals surface area contributed by atoms with Gasteiger partial charge in [-0.15, -0.1) is 0 Å². The van der Waals surface area contributed by atoms with Crippen LogP contribution < -0.4 is 0 Å². The largest absolute Gasteiger partial charge is 0.477 e. The summed E-state index contributed by atoms with van der Waals surface area (Å²) in [6, 6.07) is 0. The van der Waals surface area contributed by atoms with E-state index >= 15 is 0 Å².